The molecule has 2 aromatic carbocycles. The Morgan fingerprint density at radius 2 is 1.29 bits per heavy atom. The third-order valence-electron chi connectivity index (χ3n) is 11.8. The lowest BCUT2D eigenvalue weighted by Crippen LogP contribution is -2.61. The van der Waals surface area contributed by atoms with Crippen LogP contribution in [0.3, 0.4) is 0 Å². The Labute approximate surface area is 431 Å². The Balaban J connectivity index is 1.78. The van der Waals surface area contributed by atoms with Gasteiger partial charge in [-0.05, 0) is 62.1 Å². The third-order valence-corrected chi connectivity index (χ3v) is 11.8. The van der Waals surface area contributed by atoms with E-state index in [0.29, 0.717) is 11.1 Å². The van der Waals surface area contributed by atoms with Gasteiger partial charge in [-0.3, -0.25) is 53.1 Å². The number of aromatic nitrogens is 1. The predicted octanol–water partition coefficient (Wildman–Crippen LogP) is -3.88. The minimum Gasteiger partial charge on any atom is -0.480 e. The summed E-state index contributed by atoms with van der Waals surface area (Å²) in [5, 5.41) is 31.3. The fourth-order valence-electron chi connectivity index (χ4n) is 8.05. The number of nitrogens with one attached hydrogen (secondary N) is 9. The number of aromatic amines is 1. The summed E-state index contributed by atoms with van der Waals surface area (Å²) in [6.45, 7) is 1.17. The first-order valence-electron chi connectivity index (χ1n) is 24.3. The zero-order valence-electron chi connectivity index (χ0n) is 41.5. The maximum atomic E-state index is 14.5. The highest BCUT2D eigenvalue weighted by atomic mass is 16.4. The molecule has 20 N–H and O–H groups in total. The number of fused-ring (bicyclic) bond motifs is 1. The maximum Gasteiger partial charge on any atom is 0.326 e. The topological polar surface area (TPSA) is 458 Å². The van der Waals surface area contributed by atoms with E-state index in [4.69, 9.17) is 28.7 Å². The first kappa shape index (κ1) is 58.8. The molecule has 0 aliphatic carbocycles. The Morgan fingerprint density at radius 1 is 0.707 bits per heavy atom. The number of hydrogen-bond acceptors (Lipinski definition) is 12. The van der Waals surface area contributed by atoms with Crippen molar-refractivity contribution < 1.29 is 53.1 Å². The minimum absolute atomic E-state index is 0.0100. The van der Waals surface area contributed by atoms with E-state index >= 15 is 0 Å². The molecule has 2 heterocycles. The fourth-order valence-corrected chi connectivity index (χ4v) is 8.05. The second-order valence-electron chi connectivity index (χ2n) is 17.8. The van der Waals surface area contributed by atoms with Crippen molar-refractivity contribution in [2.45, 2.75) is 120 Å². The number of guanidine groups is 2. The van der Waals surface area contributed by atoms with Crippen molar-refractivity contribution in [1.82, 2.24) is 47.5 Å². The summed E-state index contributed by atoms with van der Waals surface area (Å²) in [4.78, 5) is 147. The van der Waals surface area contributed by atoms with Gasteiger partial charge in [0, 0.05) is 56.5 Å². The van der Waals surface area contributed by atoms with E-state index in [1.165, 1.54) is 0 Å². The second kappa shape index (κ2) is 29.7. The molecule has 27 heteroatoms. The summed E-state index contributed by atoms with van der Waals surface area (Å²) in [5.74, 6) is -10.2. The lowest BCUT2D eigenvalue weighted by atomic mass is 10.0. The van der Waals surface area contributed by atoms with Crippen LogP contribution >= 0.6 is 0 Å². The van der Waals surface area contributed by atoms with Crippen LogP contribution in [0.25, 0.3) is 10.9 Å². The van der Waals surface area contributed by atoms with E-state index in [0.717, 1.165) is 17.8 Å². The smallest absolute Gasteiger partial charge is 0.326 e. The highest BCUT2D eigenvalue weighted by molar-refractivity contribution is 6.00. The summed E-state index contributed by atoms with van der Waals surface area (Å²) in [5.41, 5.74) is 29.3. The number of nitrogens with two attached hydrogens (primary N) is 5. The second-order valence-corrected chi connectivity index (χ2v) is 17.8. The molecular formula is C48H68N16O11. The van der Waals surface area contributed by atoms with Crippen LogP contribution in [-0.2, 0) is 60.8 Å². The van der Waals surface area contributed by atoms with E-state index in [-0.39, 0.29) is 89.3 Å². The van der Waals surface area contributed by atoms with E-state index in [2.05, 4.69) is 57.5 Å². The molecule has 1 fully saturated rings. The average molecular weight is 1050 g/mol. The molecule has 406 valence electrons. The molecule has 0 bridgehead atoms. The van der Waals surface area contributed by atoms with E-state index < -0.39 is 114 Å². The number of carbonyl (C=O) groups excluding carboxylic acids is 9. The summed E-state index contributed by atoms with van der Waals surface area (Å²) in [6.07, 6.45) is 0.0183. The van der Waals surface area contributed by atoms with Crippen LogP contribution in [0.2, 0.25) is 0 Å². The molecule has 0 radical (unpaired) electrons. The van der Waals surface area contributed by atoms with Crippen LogP contribution in [0.5, 0.6) is 0 Å². The maximum absolute atomic E-state index is 14.5. The normalized spacial score (nSPS) is 21.0. The SMILES string of the molecule is CC(=O)N[C@@H](CCCN=C(N)N)C(=O)NC1CC(=O)NCCCCC(C(=O)O)NC(=O)[C@H](Cc2c[nH]c3ccccc23)NC(=O)[C@H](CCCN=C(N)N)NC(=O)C(Cc2ccccc2)NC(=O)[C@H](CC(N)=O)NC1=O. The number of aliphatic carboxylic acids is 1. The van der Waals surface area contributed by atoms with Crippen molar-refractivity contribution in [1.29, 1.82) is 0 Å². The van der Waals surface area contributed by atoms with Crippen molar-refractivity contribution in [3.8, 4) is 0 Å². The number of amides is 9. The number of para-hydroxylation sites is 1. The van der Waals surface area contributed by atoms with E-state index in [1.807, 2.05) is 0 Å². The van der Waals surface area contributed by atoms with Gasteiger partial charge in [0.1, 0.15) is 42.3 Å². The molecule has 1 aromatic heterocycles. The van der Waals surface area contributed by atoms with Crippen LogP contribution in [0.4, 0.5) is 0 Å². The van der Waals surface area contributed by atoms with Crippen LogP contribution in [0, 0.1) is 0 Å². The molecule has 1 aliphatic rings. The third kappa shape index (κ3) is 20.3. The quantitative estimate of drug-likeness (QED) is 0.0329. The van der Waals surface area contributed by atoms with Crippen molar-refractivity contribution in [3.05, 3.63) is 71.9 Å². The number of carboxylic acid groups (broad SMARTS) is 1. The number of carbonyl (C=O) groups is 10. The van der Waals surface area contributed by atoms with Gasteiger partial charge in [-0.1, -0.05) is 48.5 Å². The fraction of sp³-hybridized carbons (Fsp3) is 0.458. The van der Waals surface area contributed by atoms with Gasteiger partial charge in [0.15, 0.2) is 11.9 Å². The first-order chi connectivity index (χ1) is 35.7. The minimum atomic E-state index is -1.82. The standard InChI is InChI=1S/C48H68N16O11/c1-26(65)58-31(16-9-19-55-47(50)51)40(68)64-37-24-39(67)54-18-8-7-15-33(46(74)75)60-43(71)35(22-28-25-57-30-14-6-5-13-29(28)30)62-41(69)32(17-10-20-56-48(52)53)59-42(70)34(21-27-11-3-2-4-12-27)61-44(72)36(23-38(49)66)63-45(37)73/h2-6,11-14,25,31-37,57H,7-10,15-24H2,1H3,(H2,49,66)(H,54,67)(H,58,65)(H,59,70)(H,60,71)(H,61,72)(H,62,69)(H,63,73)(H,64,68)(H,74,75)(H4,50,51,55)(H4,52,53,56)/t31-,32-,33?,34?,35-,36-,37?/m0/s1. The van der Waals surface area contributed by atoms with Gasteiger partial charge in [0.05, 0.1) is 12.8 Å². The molecule has 3 unspecified atom stereocenters. The molecule has 0 saturated carbocycles. The number of nitrogens with zero attached hydrogens (tertiary/aromatic N) is 2. The summed E-state index contributed by atoms with van der Waals surface area (Å²) in [6, 6.07) is 4.81. The van der Waals surface area contributed by atoms with Gasteiger partial charge in [-0.25, -0.2) is 4.79 Å². The van der Waals surface area contributed by atoms with Crippen LogP contribution in [0.15, 0.2) is 70.8 Å². The zero-order valence-corrected chi connectivity index (χ0v) is 41.5. The largest absolute Gasteiger partial charge is 0.480 e. The van der Waals surface area contributed by atoms with Crippen molar-refractivity contribution in [2.24, 2.45) is 38.7 Å². The number of primary amides is 1. The molecule has 1 aliphatic heterocycles. The van der Waals surface area contributed by atoms with Gasteiger partial charge in [-0.2, -0.15) is 0 Å². The molecule has 9 amide bonds. The summed E-state index contributed by atoms with van der Waals surface area (Å²) < 4.78 is 0. The van der Waals surface area contributed by atoms with Gasteiger partial charge in [0.2, 0.25) is 53.2 Å². The first-order valence-corrected chi connectivity index (χ1v) is 24.3. The molecule has 1 saturated heterocycles. The van der Waals surface area contributed by atoms with Gasteiger partial charge in [-0.15, -0.1) is 0 Å². The summed E-state index contributed by atoms with van der Waals surface area (Å²) in [7, 11) is 0. The van der Waals surface area contributed by atoms with Gasteiger partial charge >= 0.3 is 5.97 Å². The Hall–Kier alpha value is -8.78. The number of H-pyrrole nitrogens is 1. The van der Waals surface area contributed by atoms with Gasteiger partial charge in [0.25, 0.3) is 0 Å². The molecule has 75 heavy (non-hydrogen) atoms. The Morgan fingerprint density at radius 3 is 1.95 bits per heavy atom. The van der Waals surface area contributed by atoms with Crippen LogP contribution in [-0.4, -0.2) is 143 Å². The lowest BCUT2D eigenvalue weighted by Gasteiger charge is -2.27. The molecule has 0 spiro atoms. The Bertz CT molecular complexity index is 2560. The average Bonchev–Trinajstić information content (AvgIpc) is 3.76. The molecule has 4 rings (SSSR count). The van der Waals surface area contributed by atoms with Crippen LogP contribution < -0.4 is 71.2 Å². The molecule has 27 nitrogen and oxygen atoms in total. The van der Waals surface area contributed by atoms with E-state index in [9.17, 15) is 53.1 Å². The Kier molecular flexibility index (Phi) is 23.3. The predicted molar refractivity (Wildman–Crippen MR) is 274 cm³/mol. The summed E-state index contributed by atoms with van der Waals surface area (Å²) >= 11 is 0. The van der Waals surface area contributed by atoms with Crippen molar-refractivity contribution in [3.63, 3.8) is 0 Å². The number of rotatable bonds is 18. The number of aliphatic imine (C=N–C) groups is 2. The molecule has 7 atom stereocenters. The molecular weight excluding hydrogens is 977 g/mol. The molecule has 3 aromatic rings. The lowest BCUT2D eigenvalue weighted by molar-refractivity contribution is -0.142. The highest BCUT2D eigenvalue weighted by Crippen LogP contribution is 2.20. The number of hydrogen-bond donors (Lipinski definition) is 15. The van der Waals surface area contributed by atoms with Crippen molar-refractivity contribution in [2.75, 3.05) is 19.6 Å². The highest BCUT2D eigenvalue weighted by Gasteiger charge is 2.36. The number of carboxylic acids is 1. The van der Waals surface area contributed by atoms with Crippen LogP contribution in [0.1, 0.15) is 75.8 Å². The van der Waals surface area contributed by atoms with E-state index in [1.54, 1.807) is 60.8 Å². The van der Waals surface area contributed by atoms with Gasteiger partial charge < -0.3 is 81.3 Å². The van der Waals surface area contributed by atoms with Crippen molar-refractivity contribution >= 4 is 82.0 Å². The zero-order chi connectivity index (χ0) is 55.0. The monoisotopic (exact) mass is 1040 g/mol. The number of benzene rings is 2.